The molecule has 0 radical (unpaired) electrons. The maximum absolute atomic E-state index is 12.8. The van der Waals surface area contributed by atoms with E-state index in [-0.39, 0.29) is 5.56 Å². The maximum atomic E-state index is 12.8. The Hall–Kier alpha value is -2.77. The molecule has 1 aliphatic rings. The third-order valence-corrected chi connectivity index (χ3v) is 6.72. The van der Waals surface area contributed by atoms with Gasteiger partial charge in [-0.25, -0.2) is 9.78 Å². The fraction of sp³-hybridized carbons (Fsp3) is 0.318. The third kappa shape index (κ3) is 3.72. The molecule has 1 heterocycles. The summed E-state index contributed by atoms with van der Waals surface area (Å²) in [6.45, 7) is 2.15. The van der Waals surface area contributed by atoms with Gasteiger partial charge in [-0.1, -0.05) is 36.2 Å². The van der Waals surface area contributed by atoms with Crippen molar-refractivity contribution in [2.75, 3.05) is 5.32 Å². The van der Waals surface area contributed by atoms with E-state index < -0.39 is 17.4 Å². The average Bonchev–Trinajstić information content (AvgIpc) is 3.09. The molecule has 3 aromatic rings. The molecule has 2 aromatic carbocycles. The lowest BCUT2D eigenvalue weighted by Crippen LogP contribution is -2.49. The monoisotopic (exact) mass is 460 g/mol. The van der Waals surface area contributed by atoms with Crippen LogP contribution >= 0.6 is 23.2 Å². The average molecular weight is 461 g/mol. The van der Waals surface area contributed by atoms with E-state index in [4.69, 9.17) is 28.9 Å². The van der Waals surface area contributed by atoms with Crippen LogP contribution in [-0.4, -0.2) is 26.5 Å². The van der Waals surface area contributed by atoms with Crippen molar-refractivity contribution in [2.45, 2.75) is 38.1 Å². The number of fused-ring (bicyclic) bond motifs is 1. The second-order valence-electron chi connectivity index (χ2n) is 8.08. The second-order valence-corrected chi connectivity index (χ2v) is 8.89. The van der Waals surface area contributed by atoms with Gasteiger partial charge in [0.1, 0.15) is 5.54 Å². The lowest BCUT2D eigenvalue weighted by atomic mass is 9.76. The Bertz CT molecular complexity index is 1160. The van der Waals surface area contributed by atoms with Gasteiger partial charge >= 0.3 is 5.97 Å². The van der Waals surface area contributed by atoms with E-state index in [1.165, 1.54) is 12.1 Å². The smallest absolute Gasteiger partial charge is 0.335 e. The third-order valence-electron chi connectivity index (χ3n) is 6.09. The molecule has 1 aliphatic carbocycles. The number of rotatable bonds is 5. The summed E-state index contributed by atoms with van der Waals surface area (Å²) in [6.07, 6.45) is 2.78. The van der Waals surface area contributed by atoms with Gasteiger partial charge in [0.15, 0.2) is 0 Å². The van der Waals surface area contributed by atoms with Gasteiger partial charge < -0.3 is 16.2 Å². The second kappa shape index (κ2) is 8.05. The van der Waals surface area contributed by atoms with Crippen LogP contribution in [0.5, 0.6) is 0 Å². The predicted octanol–water partition coefficient (Wildman–Crippen LogP) is 5.18. The van der Waals surface area contributed by atoms with Crippen molar-refractivity contribution in [3.63, 3.8) is 0 Å². The fourth-order valence-electron chi connectivity index (χ4n) is 4.28. The molecule has 31 heavy (non-hydrogen) atoms. The SMILES string of the molecule is CC1CCC(C(N)=O)(n2c(Nc3c(Cl)cccc3Cl)nc3cc(C(=O)O)ccc32)CC1. The minimum atomic E-state index is -1.06. The number of nitrogens with one attached hydrogen (secondary N) is 1. The summed E-state index contributed by atoms with van der Waals surface area (Å²) in [5.74, 6) is -0.693. The number of carbonyl (C=O) groups is 2. The zero-order valence-corrected chi connectivity index (χ0v) is 18.4. The highest BCUT2D eigenvalue weighted by molar-refractivity contribution is 6.39. The number of hydrogen-bond donors (Lipinski definition) is 3. The van der Waals surface area contributed by atoms with Crippen LogP contribution in [0.2, 0.25) is 10.0 Å². The minimum Gasteiger partial charge on any atom is -0.478 e. The zero-order valence-electron chi connectivity index (χ0n) is 16.9. The molecule has 0 unspecified atom stereocenters. The number of aromatic nitrogens is 2. The number of anilines is 2. The molecule has 0 bridgehead atoms. The molecule has 9 heteroatoms. The van der Waals surface area contributed by atoms with Crippen molar-refractivity contribution >= 4 is 57.7 Å². The van der Waals surface area contributed by atoms with Crippen molar-refractivity contribution in [3.05, 3.63) is 52.0 Å². The molecule has 0 aliphatic heterocycles. The Balaban J connectivity index is 1.96. The number of aromatic carboxylic acids is 1. The molecule has 162 valence electrons. The molecule has 0 atom stereocenters. The maximum Gasteiger partial charge on any atom is 0.335 e. The van der Waals surface area contributed by atoms with E-state index in [0.717, 1.165) is 12.8 Å². The van der Waals surface area contributed by atoms with Gasteiger partial charge in [-0.05, 0) is 61.9 Å². The van der Waals surface area contributed by atoms with Crippen LogP contribution < -0.4 is 11.1 Å². The molecule has 1 saturated carbocycles. The minimum absolute atomic E-state index is 0.102. The summed E-state index contributed by atoms with van der Waals surface area (Å²) in [5, 5.41) is 13.3. The van der Waals surface area contributed by atoms with E-state index in [9.17, 15) is 14.7 Å². The Labute approximate surface area is 189 Å². The number of nitrogens with zero attached hydrogens (tertiary/aromatic N) is 2. The molecule has 0 saturated heterocycles. The first-order valence-corrected chi connectivity index (χ1v) is 10.8. The van der Waals surface area contributed by atoms with Crippen molar-refractivity contribution in [3.8, 4) is 0 Å². The first-order valence-electron chi connectivity index (χ1n) is 10.00. The molecule has 4 N–H and O–H groups in total. The molecule has 1 aromatic heterocycles. The highest BCUT2D eigenvalue weighted by Crippen LogP contribution is 2.43. The quantitative estimate of drug-likeness (QED) is 0.485. The van der Waals surface area contributed by atoms with Crippen LogP contribution in [-0.2, 0) is 10.3 Å². The molecule has 7 nitrogen and oxygen atoms in total. The number of carbonyl (C=O) groups excluding carboxylic acids is 1. The fourth-order valence-corrected chi connectivity index (χ4v) is 4.77. The Morgan fingerprint density at radius 1 is 1.19 bits per heavy atom. The van der Waals surface area contributed by atoms with Gasteiger partial charge in [-0.15, -0.1) is 0 Å². The number of benzene rings is 2. The summed E-state index contributed by atoms with van der Waals surface area (Å²) >= 11 is 12.7. The largest absolute Gasteiger partial charge is 0.478 e. The zero-order chi connectivity index (χ0) is 22.3. The van der Waals surface area contributed by atoms with Gasteiger partial charge in [-0.3, -0.25) is 9.36 Å². The molecule has 4 rings (SSSR count). The van der Waals surface area contributed by atoms with E-state index in [1.54, 1.807) is 28.8 Å². The van der Waals surface area contributed by atoms with E-state index in [2.05, 4.69) is 17.2 Å². The Kier molecular flexibility index (Phi) is 5.58. The van der Waals surface area contributed by atoms with E-state index in [1.807, 2.05) is 0 Å². The molecule has 1 fully saturated rings. The molecule has 0 spiro atoms. The summed E-state index contributed by atoms with van der Waals surface area (Å²) in [7, 11) is 0. The summed E-state index contributed by atoms with van der Waals surface area (Å²) in [6, 6.07) is 9.75. The highest BCUT2D eigenvalue weighted by atomic mass is 35.5. The number of carboxylic acids is 1. The van der Waals surface area contributed by atoms with Gasteiger partial charge in [0.2, 0.25) is 11.9 Å². The lowest BCUT2D eigenvalue weighted by Gasteiger charge is -2.39. The van der Waals surface area contributed by atoms with Crippen molar-refractivity contribution in [1.82, 2.24) is 9.55 Å². The summed E-state index contributed by atoms with van der Waals surface area (Å²) in [4.78, 5) is 28.9. The van der Waals surface area contributed by atoms with Crippen LogP contribution in [0.4, 0.5) is 11.6 Å². The molecule has 1 amide bonds. The number of primary amides is 1. The molecular formula is C22H22Cl2N4O3. The normalized spacial score (nSPS) is 21.2. The van der Waals surface area contributed by atoms with Crippen LogP contribution in [0, 0.1) is 5.92 Å². The van der Waals surface area contributed by atoms with E-state index in [0.29, 0.717) is 51.5 Å². The van der Waals surface area contributed by atoms with Crippen LogP contribution in [0.25, 0.3) is 11.0 Å². The number of halogens is 2. The van der Waals surface area contributed by atoms with Crippen LogP contribution in [0.1, 0.15) is 43.0 Å². The van der Waals surface area contributed by atoms with Crippen molar-refractivity contribution in [2.24, 2.45) is 11.7 Å². The standard InChI is InChI=1S/C22H22Cl2N4O3/c1-12-7-9-22(10-8-12,20(25)31)28-17-6-5-13(19(29)30)11-16(17)26-21(28)27-18-14(23)3-2-4-15(18)24/h2-6,11-12H,7-10H2,1H3,(H2,25,31)(H,26,27)(H,29,30). The van der Waals surface area contributed by atoms with Crippen molar-refractivity contribution < 1.29 is 14.7 Å². The van der Waals surface area contributed by atoms with Crippen LogP contribution in [0.3, 0.4) is 0 Å². The topological polar surface area (TPSA) is 110 Å². The number of imidazole rings is 1. The Morgan fingerprint density at radius 3 is 2.42 bits per heavy atom. The van der Waals surface area contributed by atoms with Gasteiger partial charge in [0.25, 0.3) is 0 Å². The predicted molar refractivity (Wildman–Crippen MR) is 121 cm³/mol. The van der Waals surface area contributed by atoms with Gasteiger partial charge in [0, 0.05) is 0 Å². The number of nitrogens with two attached hydrogens (primary N) is 1. The van der Waals surface area contributed by atoms with E-state index >= 15 is 0 Å². The van der Waals surface area contributed by atoms with Crippen LogP contribution in [0.15, 0.2) is 36.4 Å². The Morgan fingerprint density at radius 2 is 1.84 bits per heavy atom. The number of amides is 1. The summed E-state index contributed by atoms with van der Waals surface area (Å²) in [5.41, 5.74) is 6.57. The summed E-state index contributed by atoms with van der Waals surface area (Å²) < 4.78 is 1.79. The number of para-hydroxylation sites is 1. The van der Waals surface area contributed by atoms with Gasteiger partial charge in [0.05, 0.1) is 32.3 Å². The van der Waals surface area contributed by atoms with Crippen molar-refractivity contribution in [1.29, 1.82) is 0 Å². The first kappa shape index (κ1) is 21.5. The molecular weight excluding hydrogens is 439 g/mol. The number of hydrogen-bond acceptors (Lipinski definition) is 4. The first-order chi connectivity index (χ1) is 14.7. The van der Waals surface area contributed by atoms with Gasteiger partial charge in [-0.2, -0.15) is 0 Å². The lowest BCUT2D eigenvalue weighted by molar-refractivity contribution is -0.128. The highest BCUT2D eigenvalue weighted by Gasteiger charge is 2.44. The number of carboxylic acid groups (broad SMARTS) is 1.